The molecule has 0 unspecified atom stereocenters. The number of amides is 2. The molecular formula is C15H11NO6S. The fourth-order valence-electron chi connectivity index (χ4n) is 1.97. The van der Waals surface area contributed by atoms with E-state index in [0.717, 1.165) is 16.7 Å². The summed E-state index contributed by atoms with van der Waals surface area (Å²) in [6, 6.07) is 4.64. The highest BCUT2D eigenvalue weighted by Gasteiger charge is 2.35. The van der Waals surface area contributed by atoms with Gasteiger partial charge in [-0.3, -0.25) is 14.5 Å². The second-order valence-electron chi connectivity index (χ2n) is 4.58. The number of carbonyl (C=O) groups excluding carboxylic acids is 3. The van der Waals surface area contributed by atoms with E-state index in [9.17, 15) is 14.4 Å². The minimum absolute atomic E-state index is 0.0170. The molecule has 1 fully saturated rings. The molecule has 0 bridgehead atoms. The van der Waals surface area contributed by atoms with Crippen molar-refractivity contribution in [3.8, 4) is 0 Å². The first kappa shape index (κ1) is 15.2. The van der Waals surface area contributed by atoms with Crippen LogP contribution in [0.25, 0.3) is 6.08 Å². The van der Waals surface area contributed by atoms with Gasteiger partial charge in [-0.25, -0.2) is 4.79 Å². The zero-order valence-corrected chi connectivity index (χ0v) is 12.8. The van der Waals surface area contributed by atoms with Gasteiger partial charge in [0.25, 0.3) is 11.1 Å². The lowest BCUT2D eigenvalue weighted by Crippen LogP contribution is -2.27. The van der Waals surface area contributed by atoms with E-state index in [-0.39, 0.29) is 12.3 Å². The Labute approximate surface area is 134 Å². The van der Waals surface area contributed by atoms with Gasteiger partial charge < -0.3 is 13.6 Å². The molecule has 23 heavy (non-hydrogen) atoms. The molecule has 0 N–H and O–H groups in total. The summed E-state index contributed by atoms with van der Waals surface area (Å²) in [6.07, 6.45) is 4.53. The van der Waals surface area contributed by atoms with Crippen LogP contribution in [-0.4, -0.2) is 29.1 Å². The molecule has 118 valence electrons. The first-order valence-electron chi connectivity index (χ1n) is 6.53. The van der Waals surface area contributed by atoms with Crippen LogP contribution in [0.15, 0.2) is 44.5 Å². The predicted molar refractivity (Wildman–Crippen MR) is 80.3 cm³/mol. The standard InChI is InChI=1S/C15H11NO6S/c1-20-14(18)11-3-2-10(22-11)7-16-13(17)12(23-15(16)19)6-9-4-5-21-8-9/h2-6,8H,7H2,1H3. The summed E-state index contributed by atoms with van der Waals surface area (Å²) in [6.45, 7) is -0.0512. The quantitative estimate of drug-likeness (QED) is 0.627. The maximum absolute atomic E-state index is 12.3. The number of ether oxygens (including phenoxy) is 1. The van der Waals surface area contributed by atoms with Crippen LogP contribution in [0.2, 0.25) is 0 Å². The first-order chi connectivity index (χ1) is 11.1. The van der Waals surface area contributed by atoms with Crippen molar-refractivity contribution in [3.63, 3.8) is 0 Å². The Morgan fingerprint density at radius 2 is 2.17 bits per heavy atom. The van der Waals surface area contributed by atoms with E-state index < -0.39 is 17.1 Å². The highest BCUT2D eigenvalue weighted by atomic mass is 32.2. The topological polar surface area (TPSA) is 90.0 Å². The van der Waals surface area contributed by atoms with E-state index in [2.05, 4.69) is 4.74 Å². The second kappa shape index (κ2) is 6.17. The molecule has 0 saturated carbocycles. The minimum Gasteiger partial charge on any atom is -0.472 e. The summed E-state index contributed by atoms with van der Waals surface area (Å²) >= 11 is 0.840. The molecule has 0 spiro atoms. The number of hydrogen-bond acceptors (Lipinski definition) is 7. The molecule has 8 heteroatoms. The van der Waals surface area contributed by atoms with E-state index in [1.807, 2.05) is 0 Å². The van der Waals surface area contributed by atoms with Crippen LogP contribution in [0.3, 0.4) is 0 Å². The van der Waals surface area contributed by atoms with Crippen molar-refractivity contribution in [1.82, 2.24) is 4.90 Å². The summed E-state index contributed by atoms with van der Waals surface area (Å²) in [4.78, 5) is 37.0. The van der Waals surface area contributed by atoms with Crippen LogP contribution >= 0.6 is 11.8 Å². The van der Waals surface area contributed by atoms with Gasteiger partial charge in [-0.2, -0.15) is 0 Å². The van der Waals surface area contributed by atoms with Crippen molar-refractivity contribution in [2.75, 3.05) is 7.11 Å². The number of rotatable bonds is 4. The smallest absolute Gasteiger partial charge is 0.373 e. The molecule has 0 aromatic carbocycles. The molecule has 1 aliphatic rings. The van der Waals surface area contributed by atoms with Gasteiger partial charge in [0.1, 0.15) is 5.76 Å². The molecular weight excluding hydrogens is 322 g/mol. The van der Waals surface area contributed by atoms with Gasteiger partial charge in [0.05, 0.1) is 31.1 Å². The van der Waals surface area contributed by atoms with Crippen LogP contribution < -0.4 is 0 Å². The number of esters is 1. The Morgan fingerprint density at radius 3 is 2.87 bits per heavy atom. The SMILES string of the molecule is COC(=O)c1ccc(CN2C(=O)SC(=Cc3ccoc3)C2=O)o1. The maximum atomic E-state index is 12.3. The summed E-state index contributed by atoms with van der Waals surface area (Å²) in [7, 11) is 1.24. The fraction of sp³-hybridized carbons (Fsp3) is 0.133. The number of nitrogens with zero attached hydrogens (tertiary/aromatic N) is 1. The van der Waals surface area contributed by atoms with E-state index >= 15 is 0 Å². The van der Waals surface area contributed by atoms with Crippen LogP contribution in [0.4, 0.5) is 4.79 Å². The summed E-state index contributed by atoms with van der Waals surface area (Å²) in [5.41, 5.74) is 0.696. The zero-order valence-electron chi connectivity index (χ0n) is 12.0. The van der Waals surface area contributed by atoms with Gasteiger partial charge in [0.15, 0.2) is 0 Å². The Morgan fingerprint density at radius 1 is 1.35 bits per heavy atom. The van der Waals surface area contributed by atoms with Crippen molar-refractivity contribution < 1.29 is 28.0 Å². The van der Waals surface area contributed by atoms with Crippen LogP contribution in [-0.2, 0) is 16.1 Å². The van der Waals surface area contributed by atoms with Crippen LogP contribution in [0.1, 0.15) is 21.9 Å². The lowest BCUT2D eigenvalue weighted by atomic mass is 10.3. The maximum Gasteiger partial charge on any atom is 0.373 e. The zero-order chi connectivity index (χ0) is 16.4. The molecule has 0 atom stereocenters. The molecule has 1 saturated heterocycles. The molecule has 3 rings (SSSR count). The second-order valence-corrected chi connectivity index (χ2v) is 5.58. The Hall–Kier alpha value is -2.74. The van der Waals surface area contributed by atoms with Crippen molar-refractivity contribution in [2.24, 2.45) is 0 Å². The van der Waals surface area contributed by atoms with Crippen molar-refractivity contribution in [3.05, 3.63) is 52.7 Å². The number of thioether (sulfide) groups is 1. The lowest BCUT2D eigenvalue weighted by Gasteiger charge is -2.09. The number of hydrogen-bond donors (Lipinski definition) is 0. The van der Waals surface area contributed by atoms with E-state index in [1.54, 1.807) is 12.1 Å². The van der Waals surface area contributed by atoms with E-state index in [4.69, 9.17) is 8.83 Å². The van der Waals surface area contributed by atoms with E-state index in [0.29, 0.717) is 16.2 Å². The van der Waals surface area contributed by atoms with Crippen LogP contribution in [0.5, 0.6) is 0 Å². The molecule has 3 heterocycles. The number of methoxy groups -OCH3 is 1. The van der Waals surface area contributed by atoms with Gasteiger partial charge in [0.2, 0.25) is 5.76 Å². The van der Waals surface area contributed by atoms with E-state index in [1.165, 1.54) is 31.8 Å². The normalized spacial score (nSPS) is 16.4. The third-order valence-corrected chi connectivity index (χ3v) is 3.98. The highest BCUT2D eigenvalue weighted by molar-refractivity contribution is 8.18. The summed E-state index contributed by atoms with van der Waals surface area (Å²) < 4.78 is 14.7. The summed E-state index contributed by atoms with van der Waals surface area (Å²) in [5, 5.41) is -0.402. The molecule has 1 aliphatic heterocycles. The number of carbonyl (C=O) groups is 3. The summed E-state index contributed by atoms with van der Waals surface area (Å²) in [5.74, 6) is -0.705. The van der Waals surface area contributed by atoms with Crippen molar-refractivity contribution >= 4 is 35.0 Å². The van der Waals surface area contributed by atoms with Gasteiger partial charge >= 0.3 is 5.97 Å². The Kier molecular flexibility index (Phi) is 4.07. The molecule has 2 amide bonds. The number of imide groups is 1. The van der Waals surface area contributed by atoms with Crippen LogP contribution in [0, 0.1) is 0 Å². The Bertz CT molecular complexity index is 789. The van der Waals surface area contributed by atoms with Gasteiger partial charge in [-0.05, 0) is 36.0 Å². The van der Waals surface area contributed by atoms with Gasteiger partial charge in [-0.15, -0.1) is 0 Å². The fourth-order valence-corrected chi connectivity index (χ4v) is 2.81. The molecule has 0 aliphatic carbocycles. The third-order valence-electron chi connectivity index (χ3n) is 3.08. The van der Waals surface area contributed by atoms with Crippen molar-refractivity contribution in [1.29, 1.82) is 0 Å². The highest BCUT2D eigenvalue weighted by Crippen LogP contribution is 2.33. The Balaban J connectivity index is 1.76. The van der Waals surface area contributed by atoms with Gasteiger partial charge in [0, 0.05) is 5.56 Å². The lowest BCUT2D eigenvalue weighted by molar-refractivity contribution is -0.123. The molecule has 0 radical (unpaired) electrons. The molecule has 2 aromatic heterocycles. The van der Waals surface area contributed by atoms with Crippen molar-refractivity contribution in [2.45, 2.75) is 6.54 Å². The number of furan rings is 2. The largest absolute Gasteiger partial charge is 0.472 e. The monoisotopic (exact) mass is 333 g/mol. The first-order valence-corrected chi connectivity index (χ1v) is 7.34. The third kappa shape index (κ3) is 3.07. The minimum atomic E-state index is -0.620. The van der Waals surface area contributed by atoms with Gasteiger partial charge in [-0.1, -0.05) is 0 Å². The average Bonchev–Trinajstić information content (AvgIpc) is 3.26. The molecule has 7 nitrogen and oxygen atoms in total. The molecule has 2 aromatic rings. The predicted octanol–water partition coefficient (Wildman–Crippen LogP) is 2.90. The average molecular weight is 333 g/mol.